The zero-order valence-corrected chi connectivity index (χ0v) is 17.2. The third-order valence-corrected chi connectivity index (χ3v) is 4.92. The number of H-pyrrole nitrogens is 1. The number of anilines is 1. The molecule has 0 spiro atoms. The molecule has 0 radical (unpaired) electrons. The third-order valence-electron chi connectivity index (χ3n) is 4.92. The lowest BCUT2D eigenvalue weighted by atomic mass is 10.1. The van der Waals surface area contributed by atoms with Gasteiger partial charge in [0.15, 0.2) is 11.6 Å². The van der Waals surface area contributed by atoms with Crippen molar-refractivity contribution in [3.63, 3.8) is 0 Å². The van der Waals surface area contributed by atoms with E-state index in [1.54, 1.807) is 24.4 Å². The summed E-state index contributed by atoms with van der Waals surface area (Å²) in [6.45, 7) is 0.112. The molecule has 3 aromatic carbocycles. The number of aromatic nitrogens is 2. The minimum atomic E-state index is -1.23. The lowest BCUT2D eigenvalue weighted by molar-refractivity contribution is 0.206. The van der Waals surface area contributed by atoms with E-state index in [0.29, 0.717) is 17.7 Å². The average molecular weight is 454 g/mol. The van der Waals surface area contributed by atoms with E-state index in [-0.39, 0.29) is 13.1 Å². The molecule has 2 N–H and O–H groups in total. The fourth-order valence-electron chi connectivity index (χ4n) is 3.33. The van der Waals surface area contributed by atoms with Crippen LogP contribution in [0.1, 0.15) is 11.1 Å². The Labute approximate surface area is 186 Å². The first-order valence-corrected chi connectivity index (χ1v) is 9.92. The fraction of sp³-hybridized carbons (Fsp3) is 0.0833. The molecule has 1 heterocycles. The molecular formula is C24H18F4N4O. The zero-order valence-electron chi connectivity index (χ0n) is 17.2. The molecule has 0 saturated carbocycles. The smallest absolute Gasteiger partial charge is 0.316 e. The molecule has 4 rings (SSSR count). The molecule has 4 aromatic rings. The van der Waals surface area contributed by atoms with Gasteiger partial charge in [0.25, 0.3) is 0 Å². The van der Waals surface area contributed by atoms with Gasteiger partial charge in [-0.15, -0.1) is 0 Å². The van der Waals surface area contributed by atoms with E-state index in [1.807, 2.05) is 12.1 Å². The van der Waals surface area contributed by atoms with Crippen LogP contribution in [-0.4, -0.2) is 21.1 Å². The molecule has 0 atom stereocenters. The van der Waals surface area contributed by atoms with Crippen molar-refractivity contribution in [3.8, 4) is 11.3 Å². The lowest BCUT2D eigenvalue weighted by Gasteiger charge is -2.24. The van der Waals surface area contributed by atoms with Gasteiger partial charge < -0.3 is 10.2 Å². The number of carbonyl (C=O) groups excluding carboxylic acids is 1. The van der Waals surface area contributed by atoms with E-state index in [1.165, 1.54) is 29.2 Å². The molecule has 0 unspecified atom stereocenters. The van der Waals surface area contributed by atoms with Gasteiger partial charge >= 0.3 is 6.03 Å². The highest BCUT2D eigenvalue weighted by Gasteiger charge is 2.20. The summed E-state index contributed by atoms with van der Waals surface area (Å²) in [5.74, 6) is -3.99. The Hall–Kier alpha value is -4.14. The molecular weight excluding hydrogens is 436 g/mol. The van der Waals surface area contributed by atoms with Gasteiger partial charge in [0, 0.05) is 31.4 Å². The first kappa shape index (κ1) is 22.1. The quantitative estimate of drug-likeness (QED) is 0.358. The van der Waals surface area contributed by atoms with E-state index in [9.17, 15) is 22.4 Å². The summed E-state index contributed by atoms with van der Waals surface area (Å²) in [6.07, 6.45) is 1.61. The second kappa shape index (κ2) is 9.56. The van der Waals surface area contributed by atoms with Crippen molar-refractivity contribution in [1.29, 1.82) is 0 Å². The largest absolute Gasteiger partial charge is 0.322 e. The minimum absolute atomic E-state index is 0.0326. The number of urea groups is 1. The van der Waals surface area contributed by atoms with Crippen LogP contribution in [0.15, 0.2) is 72.9 Å². The minimum Gasteiger partial charge on any atom is -0.316 e. The summed E-state index contributed by atoms with van der Waals surface area (Å²) in [6, 6.07) is 14.8. The van der Waals surface area contributed by atoms with Gasteiger partial charge in [-0.25, -0.2) is 22.4 Å². The summed E-state index contributed by atoms with van der Waals surface area (Å²) >= 11 is 0. The second-order valence-corrected chi connectivity index (χ2v) is 7.33. The Kier molecular flexibility index (Phi) is 6.39. The number of nitrogens with one attached hydrogen (secondary N) is 2. The van der Waals surface area contributed by atoms with Crippen LogP contribution in [-0.2, 0) is 13.1 Å². The molecule has 2 amide bonds. The monoisotopic (exact) mass is 454 g/mol. The Morgan fingerprint density at radius 1 is 0.848 bits per heavy atom. The Morgan fingerprint density at radius 3 is 2.21 bits per heavy atom. The number of amides is 2. The topological polar surface area (TPSA) is 61.0 Å². The maximum absolute atomic E-state index is 14.1. The Morgan fingerprint density at radius 2 is 1.55 bits per heavy atom. The summed E-state index contributed by atoms with van der Waals surface area (Å²) in [5, 5.41) is 8.96. The number of carbonyl (C=O) groups is 1. The van der Waals surface area contributed by atoms with Crippen molar-refractivity contribution < 1.29 is 22.4 Å². The van der Waals surface area contributed by atoms with Crippen molar-refractivity contribution in [3.05, 3.63) is 107 Å². The molecule has 0 aliphatic heterocycles. The first-order valence-electron chi connectivity index (χ1n) is 9.92. The van der Waals surface area contributed by atoms with E-state index < -0.39 is 35.0 Å². The number of rotatable bonds is 6. The van der Waals surface area contributed by atoms with Gasteiger partial charge in [-0.05, 0) is 41.0 Å². The first-order chi connectivity index (χ1) is 15.9. The van der Waals surface area contributed by atoms with Crippen molar-refractivity contribution in [2.75, 3.05) is 5.32 Å². The van der Waals surface area contributed by atoms with E-state index in [4.69, 9.17) is 0 Å². The van der Waals surface area contributed by atoms with Crippen LogP contribution in [0, 0.1) is 23.3 Å². The summed E-state index contributed by atoms with van der Waals surface area (Å²) in [5.41, 5.74) is 2.21. The summed E-state index contributed by atoms with van der Waals surface area (Å²) in [4.78, 5) is 14.3. The van der Waals surface area contributed by atoms with Crippen LogP contribution in [0.5, 0.6) is 0 Å². The maximum Gasteiger partial charge on any atom is 0.322 e. The van der Waals surface area contributed by atoms with Gasteiger partial charge in [0.05, 0.1) is 5.69 Å². The van der Waals surface area contributed by atoms with Gasteiger partial charge in [-0.2, -0.15) is 5.10 Å². The van der Waals surface area contributed by atoms with Crippen LogP contribution >= 0.6 is 0 Å². The van der Waals surface area contributed by atoms with Crippen LogP contribution in [0.3, 0.4) is 0 Å². The van der Waals surface area contributed by atoms with Crippen LogP contribution < -0.4 is 5.32 Å². The van der Waals surface area contributed by atoms with Gasteiger partial charge in [0.2, 0.25) is 0 Å². The zero-order chi connectivity index (χ0) is 23.4. The van der Waals surface area contributed by atoms with Crippen molar-refractivity contribution in [2.45, 2.75) is 13.1 Å². The molecule has 1 aromatic heterocycles. The van der Waals surface area contributed by atoms with Gasteiger partial charge in [0.1, 0.15) is 17.3 Å². The van der Waals surface area contributed by atoms with Crippen LogP contribution in [0.25, 0.3) is 11.3 Å². The Balaban J connectivity index is 1.61. The van der Waals surface area contributed by atoms with Crippen molar-refractivity contribution >= 4 is 11.7 Å². The average Bonchev–Trinajstić information content (AvgIpc) is 3.32. The molecule has 0 aliphatic rings. The maximum atomic E-state index is 14.1. The van der Waals surface area contributed by atoms with Crippen molar-refractivity contribution in [2.24, 2.45) is 0 Å². The molecule has 33 heavy (non-hydrogen) atoms. The van der Waals surface area contributed by atoms with Gasteiger partial charge in [-0.1, -0.05) is 30.3 Å². The Bertz CT molecular complexity index is 1240. The SMILES string of the molecule is O=C(Nc1c(F)cc(F)cc1F)N(Cc1ccc(F)cc1)Cc1cccc(-c2ccn[nH]2)c1. The number of halogens is 4. The molecule has 168 valence electrons. The molecule has 0 aliphatic carbocycles. The fourth-order valence-corrected chi connectivity index (χ4v) is 3.33. The number of aromatic amines is 1. The normalized spacial score (nSPS) is 10.8. The van der Waals surface area contributed by atoms with Gasteiger partial charge in [-0.3, -0.25) is 5.10 Å². The number of hydrogen-bond acceptors (Lipinski definition) is 2. The van der Waals surface area contributed by atoms with E-state index >= 15 is 0 Å². The van der Waals surface area contributed by atoms with E-state index in [2.05, 4.69) is 15.5 Å². The molecule has 0 saturated heterocycles. The van der Waals surface area contributed by atoms with E-state index in [0.717, 1.165) is 16.8 Å². The molecule has 5 nitrogen and oxygen atoms in total. The highest BCUT2D eigenvalue weighted by molar-refractivity contribution is 5.89. The standard InChI is InChI=1S/C24H18F4N4O/c25-18-6-4-15(5-7-18)13-32(24(33)30-23-20(27)11-19(26)12-21(23)28)14-16-2-1-3-17(10-16)22-8-9-29-31-22/h1-12H,13-14H2,(H,29,31)(H,30,33). The number of nitrogens with zero attached hydrogens (tertiary/aromatic N) is 2. The molecule has 9 heteroatoms. The predicted octanol–water partition coefficient (Wildman–Crippen LogP) is 5.87. The molecule has 0 fully saturated rings. The van der Waals surface area contributed by atoms with Crippen molar-refractivity contribution in [1.82, 2.24) is 15.1 Å². The molecule has 0 bridgehead atoms. The second-order valence-electron chi connectivity index (χ2n) is 7.33. The predicted molar refractivity (Wildman–Crippen MR) is 115 cm³/mol. The third kappa shape index (κ3) is 5.38. The highest BCUT2D eigenvalue weighted by atomic mass is 19.1. The summed E-state index contributed by atoms with van der Waals surface area (Å²) < 4.78 is 54.7. The lowest BCUT2D eigenvalue weighted by Crippen LogP contribution is -2.34. The van der Waals surface area contributed by atoms with Crippen LogP contribution in [0.2, 0.25) is 0 Å². The summed E-state index contributed by atoms with van der Waals surface area (Å²) in [7, 11) is 0. The number of hydrogen-bond donors (Lipinski definition) is 2. The highest BCUT2D eigenvalue weighted by Crippen LogP contribution is 2.23. The van der Waals surface area contributed by atoms with Crippen LogP contribution in [0.4, 0.5) is 28.0 Å². The number of benzene rings is 3.